The van der Waals surface area contributed by atoms with Crippen molar-refractivity contribution in [3.8, 4) is 0 Å². The molecule has 1 fully saturated rings. The average molecular weight is 272 g/mol. The first-order valence-electron chi connectivity index (χ1n) is 5.25. The Hall–Kier alpha value is -1.06. The molecule has 1 aliphatic carbocycles. The number of Topliss-reactive ketones (excluding diaryl/α,β-unsaturated/α-hetero) is 1. The summed E-state index contributed by atoms with van der Waals surface area (Å²) in [6, 6.07) is 4.77. The van der Waals surface area contributed by atoms with E-state index in [4.69, 9.17) is 23.2 Å². The Balaban J connectivity index is 2.12. The van der Waals surface area contributed by atoms with Gasteiger partial charge < -0.3 is 5.32 Å². The van der Waals surface area contributed by atoms with Gasteiger partial charge in [0.25, 0.3) is 0 Å². The van der Waals surface area contributed by atoms with Gasteiger partial charge >= 0.3 is 0 Å². The maximum absolute atomic E-state index is 12.0. The highest BCUT2D eigenvalue weighted by Gasteiger charge is 2.47. The van der Waals surface area contributed by atoms with Crippen LogP contribution in [-0.4, -0.2) is 18.7 Å². The number of benzene rings is 1. The van der Waals surface area contributed by atoms with Crippen molar-refractivity contribution in [2.75, 3.05) is 7.05 Å². The Morgan fingerprint density at radius 2 is 1.94 bits per heavy atom. The van der Waals surface area contributed by atoms with Crippen molar-refractivity contribution in [2.24, 2.45) is 11.8 Å². The van der Waals surface area contributed by atoms with Crippen LogP contribution in [0.15, 0.2) is 18.2 Å². The summed E-state index contributed by atoms with van der Waals surface area (Å²) in [5, 5.41) is 3.32. The lowest BCUT2D eigenvalue weighted by Gasteiger charge is -2.02. The van der Waals surface area contributed by atoms with E-state index < -0.39 is 0 Å². The molecule has 0 heterocycles. The van der Waals surface area contributed by atoms with Crippen molar-refractivity contribution in [1.29, 1.82) is 0 Å². The van der Waals surface area contributed by atoms with Crippen LogP contribution >= 0.6 is 23.2 Å². The molecule has 0 aliphatic heterocycles. The van der Waals surface area contributed by atoms with Gasteiger partial charge in [-0.25, -0.2) is 0 Å². The Morgan fingerprint density at radius 1 is 1.24 bits per heavy atom. The van der Waals surface area contributed by atoms with Gasteiger partial charge in [0.2, 0.25) is 5.91 Å². The molecule has 5 heteroatoms. The summed E-state index contributed by atoms with van der Waals surface area (Å²) < 4.78 is 0. The number of nitrogens with one attached hydrogen (secondary N) is 1. The fraction of sp³-hybridized carbons (Fsp3) is 0.333. The zero-order valence-electron chi connectivity index (χ0n) is 9.17. The van der Waals surface area contributed by atoms with Crippen molar-refractivity contribution in [1.82, 2.24) is 5.32 Å². The summed E-state index contributed by atoms with van der Waals surface area (Å²) in [6.07, 6.45) is 0.610. The third kappa shape index (κ3) is 2.45. The first-order chi connectivity index (χ1) is 8.04. The molecule has 0 radical (unpaired) electrons. The predicted octanol–water partition coefficient (Wildman–Crippen LogP) is 2.56. The van der Waals surface area contributed by atoms with Crippen molar-refractivity contribution in [3.63, 3.8) is 0 Å². The Morgan fingerprint density at radius 3 is 2.53 bits per heavy atom. The van der Waals surface area contributed by atoms with Crippen LogP contribution in [0, 0.1) is 11.8 Å². The molecule has 1 amide bonds. The van der Waals surface area contributed by atoms with E-state index in [1.54, 1.807) is 25.2 Å². The highest BCUT2D eigenvalue weighted by atomic mass is 35.5. The van der Waals surface area contributed by atoms with Crippen LogP contribution in [0.25, 0.3) is 0 Å². The number of halogens is 2. The maximum atomic E-state index is 12.0. The van der Waals surface area contributed by atoms with Gasteiger partial charge in [-0.05, 0) is 24.6 Å². The van der Waals surface area contributed by atoms with Crippen LogP contribution in [0.1, 0.15) is 16.8 Å². The Labute approximate surface area is 109 Å². The lowest BCUT2D eigenvalue weighted by atomic mass is 10.1. The molecule has 2 rings (SSSR count). The van der Waals surface area contributed by atoms with E-state index in [1.807, 2.05) is 0 Å². The minimum Gasteiger partial charge on any atom is -0.359 e. The summed E-state index contributed by atoms with van der Waals surface area (Å²) in [5.74, 6) is -0.533. The van der Waals surface area contributed by atoms with E-state index in [2.05, 4.69) is 5.32 Å². The van der Waals surface area contributed by atoms with E-state index in [9.17, 15) is 9.59 Å². The SMILES string of the molecule is CNC(=O)C1CC1C(=O)c1ccc(Cl)c(Cl)c1. The van der Waals surface area contributed by atoms with Crippen LogP contribution in [-0.2, 0) is 4.79 Å². The first kappa shape index (κ1) is 12.4. The second-order valence-corrected chi connectivity index (χ2v) is 4.87. The number of carbonyl (C=O) groups excluding carboxylic acids is 2. The monoisotopic (exact) mass is 271 g/mol. The molecule has 1 aliphatic rings. The fourth-order valence-electron chi connectivity index (χ4n) is 1.82. The number of rotatable bonds is 3. The van der Waals surface area contributed by atoms with Crippen molar-refractivity contribution < 1.29 is 9.59 Å². The molecule has 1 aromatic carbocycles. The lowest BCUT2D eigenvalue weighted by Crippen LogP contribution is -2.21. The van der Waals surface area contributed by atoms with E-state index >= 15 is 0 Å². The topological polar surface area (TPSA) is 46.2 Å². The molecule has 1 aromatic rings. The molecule has 90 valence electrons. The summed E-state index contributed by atoms with van der Waals surface area (Å²) in [5.41, 5.74) is 0.510. The Bertz CT molecular complexity index is 487. The van der Waals surface area contributed by atoms with E-state index in [1.165, 1.54) is 0 Å². The summed E-state index contributed by atoms with van der Waals surface area (Å²) >= 11 is 11.6. The summed E-state index contributed by atoms with van der Waals surface area (Å²) in [4.78, 5) is 23.4. The third-order valence-electron chi connectivity index (χ3n) is 2.91. The van der Waals surface area contributed by atoms with Crippen molar-refractivity contribution in [2.45, 2.75) is 6.42 Å². The number of hydrogen-bond donors (Lipinski definition) is 1. The maximum Gasteiger partial charge on any atom is 0.223 e. The van der Waals surface area contributed by atoms with E-state index in [0.717, 1.165) is 0 Å². The summed E-state index contributed by atoms with van der Waals surface area (Å²) in [6.45, 7) is 0. The van der Waals surface area contributed by atoms with Gasteiger partial charge in [0.05, 0.1) is 10.0 Å². The van der Waals surface area contributed by atoms with Gasteiger partial charge in [-0.1, -0.05) is 23.2 Å². The molecule has 0 aromatic heterocycles. The highest BCUT2D eigenvalue weighted by molar-refractivity contribution is 6.42. The second kappa shape index (κ2) is 4.67. The Kier molecular flexibility index (Phi) is 3.40. The predicted molar refractivity (Wildman–Crippen MR) is 66.5 cm³/mol. The first-order valence-corrected chi connectivity index (χ1v) is 6.01. The molecule has 0 saturated heterocycles. The van der Waals surface area contributed by atoms with Gasteiger partial charge in [0, 0.05) is 24.4 Å². The second-order valence-electron chi connectivity index (χ2n) is 4.06. The smallest absolute Gasteiger partial charge is 0.223 e. The zero-order valence-corrected chi connectivity index (χ0v) is 10.7. The van der Waals surface area contributed by atoms with Gasteiger partial charge in [-0.2, -0.15) is 0 Å². The van der Waals surface area contributed by atoms with Gasteiger partial charge in [0.15, 0.2) is 5.78 Å². The number of hydrogen-bond acceptors (Lipinski definition) is 2. The van der Waals surface area contributed by atoms with Crippen LogP contribution in [0.4, 0.5) is 0 Å². The van der Waals surface area contributed by atoms with Crippen molar-refractivity contribution in [3.05, 3.63) is 33.8 Å². The minimum absolute atomic E-state index is 0.0443. The lowest BCUT2D eigenvalue weighted by molar-refractivity contribution is -0.122. The van der Waals surface area contributed by atoms with Crippen LogP contribution in [0.3, 0.4) is 0 Å². The molecule has 1 saturated carbocycles. The average Bonchev–Trinajstić information content (AvgIpc) is 3.11. The quantitative estimate of drug-likeness (QED) is 0.859. The van der Waals surface area contributed by atoms with Crippen LogP contribution < -0.4 is 5.32 Å². The molecule has 1 N–H and O–H groups in total. The van der Waals surface area contributed by atoms with Gasteiger partial charge in [-0.3, -0.25) is 9.59 Å². The van der Waals surface area contributed by atoms with E-state index in [-0.39, 0.29) is 23.5 Å². The van der Waals surface area contributed by atoms with Crippen LogP contribution in [0.5, 0.6) is 0 Å². The fourth-order valence-corrected chi connectivity index (χ4v) is 2.12. The number of carbonyl (C=O) groups is 2. The molecular formula is C12H11Cl2NO2. The number of amides is 1. The molecular weight excluding hydrogens is 261 g/mol. The molecule has 0 spiro atoms. The normalized spacial score (nSPS) is 22.1. The van der Waals surface area contributed by atoms with Gasteiger partial charge in [-0.15, -0.1) is 0 Å². The van der Waals surface area contributed by atoms with E-state index in [0.29, 0.717) is 22.0 Å². The molecule has 2 unspecified atom stereocenters. The zero-order chi connectivity index (χ0) is 12.6. The molecule has 17 heavy (non-hydrogen) atoms. The van der Waals surface area contributed by atoms with Gasteiger partial charge in [0.1, 0.15) is 0 Å². The molecule has 3 nitrogen and oxygen atoms in total. The highest BCUT2D eigenvalue weighted by Crippen LogP contribution is 2.41. The standard InChI is InChI=1S/C12H11Cl2NO2/c1-15-12(17)8-5-7(8)11(16)6-2-3-9(13)10(14)4-6/h2-4,7-8H,5H2,1H3,(H,15,17). The number of ketones is 1. The molecule has 2 atom stereocenters. The van der Waals surface area contributed by atoms with Crippen LogP contribution in [0.2, 0.25) is 10.0 Å². The minimum atomic E-state index is -0.216. The van der Waals surface area contributed by atoms with Crippen molar-refractivity contribution >= 4 is 34.9 Å². The summed E-state index contributed by atoms with van der Waals surface area (Å²) in [7, 11) is 1.57. The third-order valence-corrected chi connectivity index (χ3v) is 3.65. The largest absolute Gasteiger partial charge is 0.359 e. The molecule has 0 bridgehead atoms.